The van der Waals surface area contributed by atoms with Crippen LogP contribution in [0.5, 0.6) is 11.5 Å². The van der Waals surface area contributed by atoms with E-state index in [-0.39, 0.29) is 36.8 Å². The molecule has 0 saturated heterocycles. The Morgan fingerprint density at radius 3 is 2.41 bits per heavy atom. The molecule has 11 heteroatoms. The van der Waals surface area contributed by atoms with E-state index in [4.69, 9.17) is 14.2 Å². The summed E-state index contributed by atoms with van der Waals surface area (Å²) in [6.07, 6.45) is -2.95. The number of hydrogen-bond donors (Lipinski definition) is 1. The average molecular weight is 410 g/mol. The molecule has 0 radical (unpaired) electrons. The number of amides is 1. The molecule has 1 N–H and O–H groups in total. The van der Waals surface area contributed by atoms with Crippen molar-refractivity contribution in [3.8, 4) is 11.5 Å². The molecule has 1 aromatic carbocycles. The average Bonchev–Trinajstić information content (AvgIpc) is 2.63. The van der Waals surface area contributed by atoms with Crippen LogP contribution in [0.2, 0.25) is 0 Å². The lowest BCUT2D eigenvalue weighted by Gasteiger charge is -2.22. The van der Waals surface area contributed by atoms with Crippen LogP contribution < -0.4 is 14.2 Å². The lowest BCUT2D eigenvalue weighted by molar-refractivity contribution is -0.133. The molecule has 0 spiro atoms. The number of sulfonamides is 1. The molecule has 8 nitrogen and oxygen atoms in total. The third-order valence-corrected chi connectivity index (χ3v) is 5.03. The summed E-state index contributed by atoms with van der Waals surface area (Å²) < 4.78 is 67.0. The first-order valence-electron chi connectivity index (χ1n) is 8.01. The molecule has 0 aromatic heterocycles. The fourth-order valence-electron chi connectivity index (χ4n) is 2.20. The Morgan fingerprint density at radius 1 is 1.19 bits per heavy atom. The smallest absolute Gasteiger partial charge is 0.255 e. The number of methoxy groups -OCH3 is 3. The maximum absolute atomic E-state index is 12.6. The third kappa shape index (κ3) is 7.27. The number of ether oxygens (including phenoxy) is 3. The molecule has 0 heterocycles. The van der Waals surface area contributed by atoms with Gasteiger partial charge >= 0.3 is 0 Å². The molecule has 0 aliphatic carbocycles. The van der Waals surface area contributed by atoms with Crippen LogP contribution in [0.15, 0.2) is 23.1 Å². The Bertz CT molecular complexity index is 715. The molecule has 0 saturated carbocycles. The first kappa shape index (κ1) is 23.1. The summed E-state index contributed by atoms with van der Waals surface area (Å²) in [4.78, 5) is 12.9. The lowest BCUT2D eigenvalue weighted by atomic mass is 10.3. The zero-order valence-electron chi connectivity index (χ0n) is 15.4. The van der Waals surface area contributed by atoms with Gasteiger partial charge in [0.1, 0.15) is 0 Å². The Hall–Kier alpha value is -1.98. The van der Waals surface area contributed by atoms with E-state index >= 15 is 0 Å². The van der Waals surface area contributed by atoms with Crippen molar-refractivity contribution in [3.05, 3.63) is 18.2 Å². The number of halogens is 2. The second-order valence-electron chi connectivity index (χ2n) is 5.39. The van der Waals surface area contributed by atoms with Crippen LogP contribution in [0.1, 0.15) is 6.42 Å². The van der Waals surface area contributed by atoms with Gasteiger partial charge in [0.15, 0.2) is 11.5 Å². The van der Waals surface area contributed by atoms with E-state index in [0.717, 1.165) is 4.90 Å². The highest BCUT2D eigenvalue weighted by atomic mass is 32.2. The largest absolute Gasteiger partial charge is 0.493 e. The number of nitrogens with one attached hydrogen (secondary N) is 1. The van der Waals surface area contributed by atoms with Crippen LogP contribution in [-0.2, 0) is 19.6 Å². The van der Waals surface area contributed by atoms with Crippen molar-refractivity contribution in [1.29, 1.82) is 0 Å². The van der Waals surface area contributed by atoms with Crippen molar-refractivity contribution < 1.29 is 36.2 Å². The summed E-state index contributed by atoms with van der Waals surface area (Å²) >= 11 is 0. The van der Waals surface area contributed by atoms with Crippen LogP contribution in [0.4, 0.5) is 8.78 Å². The number of carbonyl (C=O) groups is 1. The molecule has 0 aliphatic rings. The highest BCUT2D eigenvalue weighted by molar-refractivity contribution is 7.89. The van der Waals surface area contributed by atoms with Crippen molar-refractivity contribution in [2.24, 2.45) is 0 Å². The quantitative estimate of drug-likeness (QED) is 0.555. The molecule has 27 heavy (non-hydrogen) atoms. The summed E-state index contributed by atoms with van der Waals surface area (Å²) in [6, 6.07) is 4.05. The van der Waals surface area contributed by atoms with Gasteiger partial charge in [-0.25, -0.2) is 21.9 Å². The summed E-state index contributed by atoms with van der Waals surface area (Å²) in [5, 5.41) is 0. The molecule has 1 amide bonds. The van der Waals surface area contributed by atoms with E-state index in [0.29, 0.717) is 5.75 Å². The topological polar surface area (TPSA) is 94.2 Å². The van der Waals surface area contributed by atoms with Gasteiger partial charge in [0, 0.05) is 32.7 Å². The van der Waals surface area contributed by atoms with E-state index in [2.05, 4.69) is 4.72 Å². The maximum Gasteiger partial charge on any atom is 0.255 e. The van der Waals surface area contributed by atoms with Gasteiger partial charge in [0.25, 0.3) is 6.43 Å². The van der Waals surface area contributed by atoms with Gasteiger partial charge in [-0.05, 0) is 12.1 Å². The predicted octanol–water partition coefficient (Wildman–Crippen LogP) is 1.11. The minimum absolute atomic E-state index is 0.00209. The fraction of sp³-hybridized carbons (Fsp3) is 0.562. The van der Waals surface area contributed by atoms with Crippen LogP contribution in [0.3, 0.4) is 0 Å². The van der Waals surface area contributed by atoms with E-state index in [9.17, 15) is 22.0 Å². The second kappa shape index (κ2) is 11.0. The van der Waals surface area contributed by atoms with E-state index in [1.54, 1.807) is 0 Å². The van der Waals surface area contributed by atoms with Crippen molar-refractivity contribution in [3.63, 3.8) is 0 Å². The van der Waals surface area contributed by atoms with Gasteiger partial charge in [0.05, 0.1) is 32.3 Å². The Balaban J connectivity index is 2.71. The fourth-order valence-corrected chi connectivity index (χ4v) is 3.25. The second-order valence-corrected chi connectivity index (χ2v) is 7.16. The van der Waals surface area contributed by atoms with Crippen molar-refractivity contribution in [2.45, 2.75) is 17.7 Å². The Kier molecular flexibility index (Phi) is 9.39. The monoisotopic (exact) mass is 410 g/mol. The van der Waals surface area contributed by atoms with Crippen LogP contribution >= 0.6 is 0 Å². The van der Waals surface area contributed by atoms with Crippen LogP contribution in [0.25, 0.3) is 0 Å². The number of hydrogen-bond acceptors (Lipinski definition) is 6. The van der Waals surface area contributed by atoms with Gasteiger partial charge in [-0.15, -0.1) is 0 Å². The molecule has 0 fully saturated rings. The highest BCUT2D eigenvalue weighted by Crippen LogP contribution is 2.29. The molecular weight excluding hydrogens is 386 g/mol. The molecule has 0 unspecified atom stereocenters. The maximum atomic E-state index is 12.6. The lowest BCUT2D eigenvalue weighted by Crippen LogP contribution is -2.39. The highest BCUT2D eigenvalue weighted by Gasteiger charge is 2.20. The summed E-state index contributed by atoms with van der Waals surface area (Å²) in [5.74, 6) is 0.00824. The molecule has 1 aromatic rings. The van der Waals surface area contributed by atoms with Gasteiger partial charge in [0.2, 0.25) is 15.9 Å². The zero-order valence-corrected chi connectivity index (χ0v) is 16.2. The Morgan fingerprint density at radius 2 is 1.85 bits per heavy atom. The molecule has 0 atom stereocenters. The molecule has 0 bridgehead atoms. The van der Waals surface area contributed by atoms with Crippen molar-refractivity contribution in [1.82, 2.24) is 9.62 Å². The number of nitrogens with zero attached hydrogens (tertiary/aromatic N) is 1. The van der Waals surface area contributed by atoms with Crippen LogP contribution in [-0.4, -0.2) is 73.2 Å². The van der Waals surface area contributed by atoms with Crippen molar-refractivity contribution >= 4 is 15.9 Å². The number of rotatable bonds is 12. The van der Waals surface area contributed by atoms with Gasteiger partial charge in [-0.2, -0.15) is 0 Å². The predicted molar refractivity (Wildman–Crippen MR) is 93.8 cm³/mol. The number of alkyl halides is 2. The summed E-state index contributed by atoms with van der Waals surface area (Å²) in [7, 11) is 0.277. The third-order valence-electron chi connectivity index (χ3n) is 3.57. The zero-order chi connectivity index (χ0) is 20.4. The summed E-state index contributed by atoms with van der Waals surface area (Å²) in [6.45, 7) is -0.856. The SMILES string of the molecule is COCCN(CC(F)F)C(=O)CCNS(=O)(=O)c1ccc(OC)c(OC)c1. The van der Waals surface area contributed by atoms with Crippen molar-refractivity contribution in [2.75, 3.05) is 47.6 Å². The molecular formula is C16H24F2N2O6S. The first-order valence-corrected chi connectivity index (χ1v) is 9.50. The normalized spacial score (nSPS) is 11.5. The van der Waals surface area contributed by atoms with Gasteiger partial charge in [-0.3, -0.25) is 4.79 Å². The Labute approximate surface area is 157 Å². The minimum atomic E-state index is -3.91. The first-order chi connectivity index (χ1) is 12.7. The molecule has 154 valence electrons. The number of benzene rings is 1. The summed E-state index contributed by atoms with van der Waals surface area (Å²) in [5.41, 5.74) is 0. The number of carbonyl (C=O) groups excluding carboxylic acids is 1. The molecule has 1 rings (SSSR count). The molecule has 0 aliphatic heterocycles. The van der Waals surface area contributed by atoms with Gasteiger partial charge < -0.3 is 19.1 Å². The van der Waals surface area contributed by atoms with E-state index in [1.165, 1.54) is 39.5 Å². The minimum Gasteiger partial charge on any atom is -0.493 e. The van der Waals surface area contributed by atoms with Crippen LogP contribution in [0, 0.1) is 0 Å². The van der Waals surface area contributed by atoms with Gasteiger partial charge in [-0.1, -0.05) is 0 Å². The van der Waals surface area contributed by atoms with E-state index < -0.39 is 28.9 Å². The standard InChI is InChI=1S/C16H24F2N2O6S/c1-24-9-8-20(11-15(17)18)16(21)6-7-19-27(22,23)12-4-5-13(25-2)14(10-12)26-3/h4-5,10,15,19H,6-9,11H2,1-3H3. The van der Waals surface area contributed by atoms with E-state index in [1.807, 2.05) is 0 Å².